The number of methoxy groups -OCH3 is 1. The molecule has 5 nitrogen and oxygen atoms in total. The summed E-state index contributed by atoms with van der Waals surface area (Å²) in [5.41, 5.74) is 0.379. The van der Waals surface area contributed by atoms with Crippen LogP contribution >= 0.6 is 15.9 Å². The third-order valence-electron chi connectivity index (χ3n) is 2.44. The Labute approximate surface area is 112 Å². The molecule has 1 aromatic heterocycles. The Morgan fingerprint density at radius 1 is 1.50 bits per heavy atom. The molecule has 18 heavy (non-hydrogen) atoms. The molecule has 0 unspecified atom stereocenters. The largest absolute Gasteiger partial charge is 0.377 e. The highest BCUT2D eigenvalue weighted by molar-refractivity contribution is 9.10. The first-order chi connectivity index (χ1) is 8.61. The van der Waals surface area contributed by atoms with Crippen molar-refractivity contribution in [2.45, 2.75) is 6.54 Å². The van der Waals surface area contributed by atoms with E-state index in [4.69, 9.17) is 4.74 Å². The molecule has 0 radical (unpaired) electrons. The minimum Gasteiger partial charge on any atom is -0.377 e. The first-order valence-electron chi connectivity index (χ1n) is 5.27. The molecule has 0 spiro atoms. The topological polar surface area (TPSA) is 61.2 Å². The molecule has 0 aliphatic rings. The van der Waals surface area contributed by atoms with Crippen LogP contribution in [0, 0.1) is 0 Å². The van der Waals surface area contributed by atoms with E-state index in [1.54, 1.807) is 12.1 Å². The predicted molar refractivity (Wildman–Crippen MR) is 70.6 cm³/mol. The average molecular weight is 311 g/mol. The van der Waals surface area contributed by atoms with Gasteiger partial charge in [-0.1, -0.05) is 15.9 Å². The number of nitrogens with zero attached hydrogens (tertiary/aromatic N) is 2. The maximum atomic E-state index is 12.1. The molecule has 1 aromatic carbocycles. The van der Waals surface area contributed by atoms with Crippen LogP contribution < -0.4 is 5.56 Å². The summed E-state index contributed by atoms with van der Waals surface area (Å²) in [6.07, 6.45) is 1.38. The van der Waals surface area contributed by atoms with Crippen molar-refractivity contribution in [1.29, 1.82) is 0 Å². The molecule has 2 rings (SSSR count). The van der Waals surface area contributed by atoms with Gasteiger partial charge in [-0.2, -0.15) is 0 Å². The van der Waals surface area contributed by atoms with Gasteiger partial charge in [-0.05, 0) is 18.2 Å². The van der Waals surface area contributed by atoms with Crippen molar-refractivity contribution in [3.8, 4) is 0 Å². The number of fused-ring (bicyclic) bond motifs is 1. The van der Waals surface area contributed by atoms with E-state index in [0.29, 0.717) is 10.9 Å². The number of ether oxygens (including phenoxy) is 1. The third-order valence-corrected chi connectivity index (χ3v) is 2.93. The SMILES string of the molecule is COCC(=O)Cn1cnc2ccc(Br)cc2c1=O. The predicted octanol–water partition coefficient (Wildman–Crippen LogP) is 1.37. The number of rotatable bonds is 4. The van der Waals surface area contributed by atoms with Gasteiger partial charge in [0.05, 0.1) is 23.8 Å². The van der Waals surface area contributed by atoms with Gasteiger partial charge < -0.3 is 4.74 Å². The molecule has 0 saturated carbocycles. The normalized spacial score (nSPS) is 10.8. The van der Waals surface area contributed by atoms with Crippen molar-refractivity contribution < 1.29 is 9.53 Å². The average Bonchev–Trinajstić information content (AvgIpc) is 2.34. The van der Waals surface area contributed by atoms with Crippen LogP contribution in [0.1, 0.15) is 0 Å². The van der Waals surface area contributed by atoms with Crippen LogP contribution in [-0.2, 0) is 16.1 Å². The Morgan fingerprint density at radius 3 is 3.00 bits per heavy atom. The molecule has 6 heteroatoms. The summed E-state index contributed by atoms with van der Waals surface area (Å²) < 4.78 is 6.82. The number of carbonyl (C=O) groups is 1. The number of carbonyl (C=O) groups excluding carboxylic acids is 1. The fraction of sp³-hybridized carbons (Fsp3) is 0.250. The molecule has 0 aliphatic heterocycles. The monoisotopic (exact) mass is 310 g/mol. The number of hydrogen-bond acceptors (Lipinski definition) is 4. The molecule has 0 amide bonds. The highest BCUT2D eigenvalue weighted by Gasteiger charge is 2.08. The van der Waals surface area contributed by atoms with Crippen molar-refractivity contribution in [2.24, 2.45) is 0 Å². The van der Waals surface area contributed by atoms with Crippen molar-refractivity contribution in [1.82, 2.24) is 9.55 Å². The third kappa shape index (κ3) is 2.65. The van der Waals surface area contributed by atoms with Crippen LogP contribution in [0.3, 0.4) is 0 Å². The lowest BCUT2D eigenvalue weighted by molar-refractivity contribution is -0.123. The lowest BCUT2D eigenvalue weighted by Gasteiger charge is -2.05. The Hall–Kier alpha value is -1.53. The molecule has 0 fully saturated rings. The summed E-state index contributed by atoms with van der Waals surface area (Å²) in [6.45, 7) is -0.0366. The molecule has 0 saturated heterocycles. The van der Waals surface area contributed by atoms with E-state index >= 15 is 0 Å². The first kappa shape index (κ1) is 12.9. The molecule has 0 aliphatic carbocycles. The van der Waals surface area contributed by atoms with Crippen molar-refractivity contribution >= 4 is 32.6 Å². The highest BCUT2D eigenvalue weighted by Crippen LogP contribution is 2.14. The lowest BCUT2D eigenvalue weighted by Crippen LogP contribution is -2.26. The van der Waals surface area contributed by atoms with Crippen molar-refractivity contribution in [2.75, 3.05) is 13.7 Å². The minimum absolute atomic E-state index is 0.0110. The quantitative estimate of drug-likeness (QED) is 0.856. The highest BCUT2D eigenvalue weighted by atomic mass is 79.9. The second-order valence-corrected chi connectivity index (χ2v) is 4.73. The van der Waals surface area contributed by atoms with Gasteiger partial charge in [0.1, 0.15) is 6.61 Å². The van der Waals surface area contributed by atoms with Crippen LogP contribution in [0.2, 0.25) is 0 Å². The second-order valence-electron chi connectivity index (χ2n) is 3.81. The molecule has 1 heterocycles. The summed E-state index contributed by atoms with van der Waals surface area (Å²) >= 11 is 3.30. The molecular weight excluding hydrogens is 300 g/mol. The maximum Gasteiger partial charge on any atom is 0.261 e. The summed E-state index contributed by atoms with van der Waals surface area (Å²) in [6, 6.07) is 5.26. The van der Waals surface area contributed by atoms with Gasteiger partial charge in [-0.15, -0.1) is 0 Å². The van der Waals surface area contributed by atoms with E-state index in [9.17, 15) is 9.59 Å². The molecule has 0 bridgehead atoms. The maximum absolute atomic E-state index is 12.1. The smallest absolute Gasteiger partial charge is 0.261 e. The van der Waals surface area contributed by atoms with E-state index in [1.165, 1.54) is 18.0 Å². The Bertz CT molecular complexity index is 651. The second kappa shape index (κ2) is 5.41. The number of halogens is 1. The number of Topliss-reactive ketones (excluding diaryl/α,β-unsaturated/α-hetero) is 1. The van der Waals surface area contributed by atoms with Gasteiger partial charge in [-0.25, -0.2) is 4.98 Å². The van der Waals surface area contributed by atoms with Crippen molar-refractivity contribution in [3.63, 3.8) is 0 Å². The Kier molecular flexibility index (Phi) is 3.88. The minimum atomic E-state index is -0.231. The zero-order valence-electron chi connectivity index (χ0n) is 9.72. The van der Waals surface area contributed by atoms with Gasteiger partial charge >= 0.3 is 0 Å². The standard InChI is InChI=1S/C12H11BrN2O3/c1-18-6-9(16)5-15-7-14-11-3-2-8(13)4-10(11)12(15)17/h2-4,7H,5-6H2,1H3. The summed E-state index contributed by atoms with van der Waals surface area (Å²) in [4.78, 5) is 27.7. The van der Waals surface area contributed by atoms with Crippen LogP contribution in [0.25, 0.3) is 10.9 Å². The van der Waals surface area contributed by atoms with Crippen molar-refractivity contribution in [3.05, 3.63) is 39.4 Å². The summed E-state index contributed by atoms with van der Waals surface area (Å²) in [5, 5.41) is 0.483. The van der Waals surface area contributed by atoms with E-state index in [0.717, 1.165) is 4.47 Å². The molecular formula is C12H11BrN2O3. The first-order valence-corrected chi connectivity index (χ1v) is 6.06. The van der Waals surface area contributed by atoms with E-state index in [1.807, 2.05) is 6.07 Å². The zero-order chi connectivity index (χ0) is 13.1. The molecule has 2 aromatic rings. The number of hydrogen-bond donors (Lipinski definition) is 0. The zero-order valence-corrected chi connectivity index (χ0v) is 11.3. The Balaban J connectivity index is 2.44. The van der Waals surface area contributed by atoms with Crippen LogP contribution in [0.5, 0.6) is 0 Å². The van der Waals surface area contributed by atoms with Crippen LogP contribution in [0.4, 0.5) is 0 Å². The van der Waals surface area contributed by atoms with Crippen LogP contribution in [0.15, 0.2) is 33.8 Å². The molecule has 94 valence electrons. The van der Waals surface area contributed by atoms with E-state index in [2.05, 4.69) is 20.9 Å². The van der Waals surface area contributed by atoms with Gasteiger partial charge in [0, 0.05) is 11.6 Å². The molecule has 0 N–H and O–H groups in total. The Morgan fingerprint density at radius 2 is 2.28 bits per heavy atom. The summed E-state index contributed by atoms with van der Waals surface area (Å²) in [5.74, 6) is -0.171. The van der Waals surface area contributed by atoms with E-state index < -0.39 is 0 Å². The van der Waals surface area contributed by atoms with Gasteiger partial charge in [0.15, 0.2) is 5.78 Å². The van der Waals surface area contributed by atoms with Crippen LogP contribution in [-0.4, -0.2) is 29.1 Å². The van der Waals surface area contributed by atoms with Gasteiger partial charge in [-0.3, -0.25) is 14.2 Å². The molecule has 0 atom stereocenters. The fourth-order valence-corrected chi connectivity index (χ4v) is 2.00. The fourth-order valence-electron chi connectivity index (χ4n) is 1.64. The lowest BCUT2D eigenvalue weighted by atomic mass is 10.2. The van der Waals surface area contributed by atoms with Gasteiger partial charge in [0.2, 0.25) is 0 Å². The van der Waals surface area contributed by atoms with Gasteiger partial charge in [0.25, 0.3) is 5.56 Å². The number of aromatic nitrogens is 2. The number of benzene rings is 1. The van der Waals surface area contributed by atoms with E-state index in [-0.39, 0.29) is 24.5 Å². The number of ketones is 1. The summed E-state index contributed by atoms with van der Waals surface area (Å²) in [7, 11) is 1.44.